The van der Waals surface area contributed by atoms with Crippen molar-refractivity contribution in [3.8, 4) is 17.1 Å². The molecular formula is C23H20Cl2F2N2O3. The number of halogens is 4. The average molecular weight is 481 g/mol. The number of aromatic nitrogens is 1. The number of piperidine rings is 1. The van der Waals surface area contributed by atoms with Crippen molar-refractivity contribution in [1.29, 1.82) is 0 Å². The fraction of sp³-hybridized carbons (Fsp3) is 0.304. The summed E-state index contributed by atoms with van der Waals surface area (Å²) in [6, 6.07) is 8.33. The van der Waals surface area contributed by atoms with Gasteiger partial charge in [-0.3, -0.25) is 4.79 Å². The molecule has 1 amide bonds. The lowest BCUT2D eigenvalue weighted by Crippen LogP contribution is -2.41. The number of hydrogen-bond donors (Lipinski definition) is 0. The zero-order valence-corrected chi connectivity index (χ0v) is 18.5. The maximum Gasteiger partial charge on any atom is 0.223 e. The number of ether oxygens (including phenoxy) is 1. The molecule has 1 aliphatic heterocycles. The smallest absolute Gasteiger partial charge is 0.223 e. The molecule has 2 aromatic carbocycles. The monoisotopic (exact) mass is 480 g/mol. The van der Waals surface area contributed by atoms with Gasteiger partial charge in [0.25, 0.3) is 0 Å². The fourth-order valence-corrected chi connectivity index (χ4v) is 4.09. The summed E-state index contributed by atoms with van der Waals surface area (Å²) in [5, 5.41) is 0.989. The van der Waals surface area contributed by atoms with Crippen LogP contribution in [0, 0.1) is 11.6 Å². The van der Waals surface area contributed by atoms with Gasteiger partial charge in [0.15, 0.2) is 23.2 Å². The molecule has 0 radical (unpaired) electrons. The Kier molecular flexibility index (Phi) is 6.96. The van der Waals surface area contributed by atoms with E-state index in [9.17, 15) is 13.6 Å². The predicted octanol–water partition coefficient (Wildman–Crippen LogP) is 5.93. The van der Waals surface area contributed by atoms with E-state index in [1.807, 2.05) is 0 Å². The standard InChI is InChI=1S/C23H20Cl2F2N2O3/c24-14-1-3-17(18(25)11-14)21-13-28-22(32-21)5-6-23(30)29-9-7-16(8-10-29)31-20-4-2-15(26)12-19(20)27/h1-4,11-13,16H,5-10H2. The number of likely N-dealkylation sites (tertiary alicyclic amines) is 1. The molecule has 168 valence electrons. The molecule has 3 aromatic rings. The molecule has 1 aliphatic rings. The molecule has 0 spiro atoms. The Morgan fingerprint density at radius 1 is 1.16 bits per heavy atom. The molecule has 1 fully saturated rings. The largest absolute Gasteiger partial charge is 0.487 e. The van der Waals surface area contributed by atoms with Crippen LogP contribution in [0.2, 0.25) is 10.0 Å². The van der Waals surface area contributed by atoms with E-state index in [1.54, 1.807) is 29.3 Å². The van der Waals surface area contributed by atoms with Crippen LogP contribution >= 0.6 is 23.2 Å². The van der Waals surface area contributed by atoms with Crippen molar-refractivity contribution in [2.24, 2.45) is 0 Å². The molecule has 0 atom stereocenters. The number of rotatable bonds is 6. The van der Waals surface area contributed by atoms with Crippen molar-refractivity contribution in [2.45, 2.75) is 31.8 Å². The van der Waals surface area contributed by atoms with Crippen LogP contribution in [0.3, 0.4) is 0 Å². The first-order valence-electron chi connectivity index (χ1n) is 10.2. The van der Waals surface area contributed by atoms with Gasteiger partial charge in [-0.05, 0) is 30.3 Å². The van der Waals surface area contributed by atoms with E-state index in [2.05, 4.69) is 4.98 Å². The van der Waals surface area contributed by atoms with E-state index in [0.717, 1.165) is 12.1 Å². The van der Waals surface area contributed by atoms with Crippen LogP contribution in [0.4, 0.5) is 8.78 Å². The van der Waals surface area contributed by atoms with Gasteiger partial charge in [0.1, 0.15) is 11.9 Å². The minimum atomic E-state index is -0.728. The van der Waals surface area contributed by atoms with Gasteiger partial charge in [-0.15, -0.1) is 0 Å². The first-order chi connectivity index (χ1) is 15.4. The second kappa shape index (κ2) is 9.88. The van der Waals surface area contributed by atoms with Gasteiger partial charge >= 0.3 is 0 Å². The van der Waals surface area contributed by atoms with Crippen molar-refractivity contribution >= 4 is 29.1 Å². The number of benzene rings is 2. The number of carbonyl (C=O) groups excluding carboxylic acids is 1. The number of nitrogens with zero attached hydrogens (tertiary/aromatic N) is 2. The van der Waals surface area contributed by atoms with Crippen LogP contribution in [0.5, 0.6) is 5.75 Å². The maximum atomic E-state index is 13.8. The molecule has 0 aliphatic carbocycles. The molecule has 1 saturated heterocycles. The van der Waals surface area contributed by atoms with Gasteiger partial charge in [0.05, 0.1) is 11.2 Å². The van der Waals surface area contributed by atoms with Crippen LogP contribution < -0.4 is 4.74 Å². The van der Waals surface area contributed by atoms with Crippen molar-refractivity contribution in [3.05, 3.63) is 70.2 Å². The minimum absolute atomic E-state index is 0.0133. The molecular weight excluding hydrogens is 461 g/mol. The summed E-state index contributed by atoms with van der Waals surface area (Å²) >= 11 is 12.1. The molecule has 4 rings (SSSR count). The van der Waals surface area contributed by atoms with Crippen LogP contribution in [0.15, 0.2) is 47.0 Å². The number of carbonyl (C=O) groups is 1. The van der Waals surface area contributed by atoms with Gasteiger partial charge in [-0.2, -0.15) is 0 Å². The van der Waals surface area contributed by atoms with E-state index < -0.39 is 11.6 Å². The van der Waals surface area contributed by atoms with Gasteiger partial charge in [-0.25, -0.2) is 13.8 Å². The predicted molar refractivity (Wildman–Crippen MR) is 117 cm³/mol. The number of aryl methyl sites for hydroxylation is 1. The van der Waals surface area contributed by atoms with Crippen LogP contribution in [-0.4, -0.2) is 35.0 Å². The Labute approximate surface area is 193 Å². The van der Waals surface area contributed by atoms with Gasteiger partial charge in [0, 0.05) is 55.4 Å². The average Bonchev–Trinajstić information content (AvgIpc) is 3.23. The van der Waals surface area contributed by atoms with Crippen LogP contribution in [0.25, 0.3) is 11.3 Å². The Morgan fingerprint density at radius 3 is 2.66 bits per heavy atom. The van der Waals surface area contributed by atoms with E-state index in [0.29, 0.717) is 59.6 Å². The summed E-state index contributed by atoms with van der Waals surface area (Å²) in [5.41, 5.74) is 0.681. The van der Waals surface area contributed by atoms with Crippen molar-refractivity contribution in [1.82, 2.24) is 9.88 Å². The minimum Gasteiger partial charge on any atom is -0.487 e. The Hall–Kier alpha value is -2.64. The third kappa shape index (κ3) is 5.40. The fourth-order valence-electron chi connectivity index (χ4n) is 3.59. The third-order valence-corrected chi connectivity index (χ3v) is 5.83. The lowest BCUT2D eigenvalue weighted by molar-refractivity contribution is -0.133. The Morgan fingerprint density at radius 2 is 1.94 bits per heavy atom. The highest BCUT2D eigenvalue weighted by molar-refractivity contribution is 6.36. The van der Waals surface area contributed by atoms with Crippen molar-refractivity contribution < 1.29 is 22.7 Å². The van der Waals surface area contributed by atoms with E-state index in [4.69, 9.17) is 32.4 Å². The van der Waals surface area contributed by atoms with Gasteiger partial charge in [0.2, 0.25) is 5.91 Å². The van der Waals surface area contributed by atoms with E-state index in [-0.39, 0.29) is 24.2 Å². The molecule has 32 heavy (non-hydrogen) atoms. The molecule has 0 unspecified atom stereocenters. The number of oxazole rings is 1. The van der Waals surface area contributed by atoms with Crippen LogP contribution in [-0.2, 0) is 11.2 Å². The quantitative estimate of drug-likeness (QED) is 0.438. The number of hydrogen-bond acceptors (Lipinski definition) is 4. The Balaban J connectivity index is 1.26. The highest BCUT2D eigenvalue weighted by Crippen LogP contribution is 2.31. The lowest BCUT2D eigenvalue weighted by atomic mass is 10.1. The first kappa shape index (κ1) is 22.6. The normalized spacial score (nSPS) is 14.6. The van der Waals surface area contributed by atoms with Crippen molar-refractivity contribution in [3.63, 3.8) is 0 Å². The second-order valence-corrected chi connectivity index (χ2v) is 8.36. The highest BCUT2D eigenvalue weighted by atomic mass is 35.5. The molecule has 0 bridgehead atoms. The maximum absolute atomic E-state index is 13.8. The van der Waals surface area contributed by atoms with Crippen LogP contribution in [0.1, 0.15) is 25.2 Å². The topological polar surface area (TPSA) is 55.6 Å². The SMILES string of the molecule is O=C(CCc1ncc(-c2ccc(Cl)cc2Cl)o1)N1CCC(Oc2ccc(F)cc2F)CC1. The Bertz CT molecular complexity index is 1110. The number of amides is 1. The molecule has 1 aromatic heterocycles. The molecule has 5 nitrogen and oxygen atoms in total. The second-order valence-electron chi connectivity index (χ2n) is 7.52. The molecule has 0 saturated carbocycles. The molecule has 2 heterocycles. The lowest BCUT2D eigenvalue weighted by Gasteiger charge is -2.32. The first-order valence-corrected chi connectivity index (χ1v) is 10.9. The molecule has 9 heteroatoms. The summed E-state index contributed by atoms with van der Waals surface area (Å²) in [6.07, 6.45) is 3.11. The summed E-state index contributed by atoms with van der Waals surface area (Å²) in [6.45, 7) is 1.01. The highest BCUT2D eigenvalue weighted by Gasteiger charge is 2.25. The molecule has 0 N–H and O–H groups in total. The summed E-state index contributed by atoms with van der Waals surface area (Å²) in [7, 11) is 0. The summed E-state index contributed by atoms with van der Waals surface area (Å²) < 4.78 is 38.2. The van der Waals surface area contributed by atoms with Gasteiger partial charge < -0.3 is 14.1 Å². The third-order valence-electron chi connectivity index (χ3n) is 5.29. The zero-order valence-electron chi connectivity index (χ0n) is 17.0. The van der Waals surface area contributed by atoms with E-state index in [1.165, 1.54) is 6.07 Å². The summed E-state index contributed by atoms with van der Waals surface area (Å²) in [4.78, 5) is 18.6. The van der Waals surface area contributed by atoms with Gasteiger partial charge in [-0.1, -0.05) is 23.2 Å². The zero-order chi connectivity index (χ0) is 22.7. The summed E-state index contributed by atoms with van der Waals surface area (Å²) in [5.74, 6) is -0.403. The van der Waals surface area contributed by atoms with Crippen molar-refractivity contribution in [2.75, 3.05) is 13.1 Å². The van der Waals surface area contributed by atoms with E-state index >= 15 is 0 Å².